The monoisotopic (exact) mass is 510 g/mol. The van der Waals surface area contributed by atoms with Crippen molar-refractivity contribution in [2.24, 2.45) is 17.2 Å². The Hall–Kier alpha value is -1.05. The molecular formula is C20H38N4O11. The number of aliphatic hydroxyl groups excluding tert-OH is 6. The van der Waals surface area contributed by atoms with Gasteiger partial charge in [0.2, 0.25) is 0 Å². The Morgan fingerprint density at radius 2 is 1.63 bits per heavy atom. The number of likely N-dealkylation sites (N-methyl/N-ethyl adjacent to an activating group) is 1. The third-order valence-electron chi connectivity index (χ3n) is 6.83. The second-order valence-corrected chi connectivity index (χ2v) is 9.37. The molecule has 13 N–H and O–H groups in total. The van der Waals surface area contributed by atoms with E-state index in [0.29, 0.717) is 0 Å². The van der Waals surface area contributed by atoms with E-state index in [2.05, 4.69) is 5.32 Å². The Morgan fingerprint density at radius 3 is 2.26 bits per heavy atom. The van der Waals surface area contributed by atoms with Gasteiger partial charge >= 0.3 is 5.97 Å². The molecule has 0 aromatic carbocycles. The van der Waals surface area contributed by atoms with Crippen LogP contribution in [0.15, 0.2) is 0 Å². The zero-order valence-electron chi connectivity index (χ0n) is 19.4. The molecule has 0 spiro atoms. The van der Waals surface area contributed by atoms with E-state index in [0.717, 1.165) is 0 Å². The molecule has 2 saturated heterocycles. The lowest BCUT2D eigenvalue weighted by Gasteiger charge is -2.45. The molecule has 0 aromatic rings. The highest BCUT2D eigenvalue weighted by Crippen LogP contribution is 2.29. The predicted octanol–water partition coefficient (Wildman–Crippen LogP) is -6.08. The summed E-state index contributed by atoms with van der Waals surface area (Å²) in [6.07, 6.45) is -12.7. The number of ether oxygens (including phenoxy) is 4. The van der Waals surface area contributed by atoms with Crippen LogP contribution in [0.2, 0.25) is 0 Å². The molecule has 3 aliphatic rings. The van der Waals surface area contributed by atoms with Gasteiger partial charge in [-0.05, 0) is 13.5 Å². The number of hydrogen-bond donors (Lipinski definition) is 10. The maximum atomic E-state index is 12.6. The molecule has 1 aliphatic carbocycles. The SMILES string of the molecule is CNC1C(O)CC(CC(=O)OC2C(N)CC(N)C(O)C2O)OC1OC1OC(CO)C(N)C(O)C1O. The Balaban J connectivity index is 1.63. The van der Waals surface area contributed by atoms with Crippen LogP contribution in [0, 0.1) is 0 Å². The fourth-order valence-corrected chi connectivity index (χ4v) is 4.70. The molecule has 14 unspecified atom stereocenters. The highest BCUT2D eigenvalue weighted by Gasteiger charge is 2.48. The van der Waals surface area contributed by atoms with E-state index in [1.54, 1.807) is 7.05 Å². The van der Waals surface area contributed by atoms with Crippen LogP contribution in [0.5, 0.6) is 0 Å². The van der Waals surface area contributed by atoms with Gasteiger partial charge in [-0.2, -0.15) is 0 Å². The highest BCUT2D eigenvalue weighted by molar-refractivity contribution is 5.70. The van der Waals surface area contributed by atoms with Crippen molar-refractivity contribution in [1.82, 2.24) is 5.32 Å². The summed E-state index contributed by atoms with van der Waals surface area (Å²) in [4.78, 5) is 12.6. The van der Waals surface area contributed by atoms with Gasteiger partial charge in [-0.3, -0.25) is 4.79 Å². The second-order valence-electron chi connectivity index (χ2n) is 9.37. The molecule has 2 heterocycles. The number of carbonyl (C=O) groups is 1. The van der Waals surface area contributed by atoms with E-state index in [4.69, 9.17) is 36.1 Å². The molecule has 0 aromatic heterocycles. The largest absolute Gasteiger partial charge is 0.458 e. The molecule has 2 aliphatic heterocycles. The van der Waals surface area contributed by atoms with Crippen LogP contribution in [0.3, 0.4) is 0 Å². The molecule has 0 amide bonds. The number of carbonyl (C=O) groups excluding carboxylic acids is 1. The number of nitrogens with two attached hydrogens (primary N) is 3. The first-order valence-electron chi connectivity index (χ1n) is 11.6. The van der Waals surface area contributed by atoms with Gasteiger partial charge in [-0.15, -0.1) is 0 Å². The second kappa shape index (κ2) is 12.0. The van der Waals surface area contributed by atoms with Crippen LogP contribution in [0.4, 0.5) is 0 Å². The minimum Gasteiger partial charge on any atom is -0.458 e. The fraction of sp³-hybridized carbons (Fsp3) is 0.950. The lowest BCUT2D eigenvalue weighted by Crippen LogP contribution is -2.65. The Bertz CT molecular complexity index is 706. The van der Waals surface area contributed by atoms with Crippen molar-refractivity contribution in [3.05, 3.63) is 0 Å². The van der Waals surface area contributed by atoms with Gasteiger partial charge < -0.3 is 72.1 Å². The summed E-state index contributed by atoms with van der Waals surface area (Å²) in [6, 6.07) is -3.37. The van der Waals surface area contributed by atoms with Gasteiger partial charge in [0, 0.05) is 18.5 Å². The lowest BCUT2D eigenvalue weighted by atomic mass is 9.85. The maximum absolute atomic E-state index is 12.6. The van der Waals surface area contributed by atoms with Crippen LogP contribution in [-0.4, -0.2) is 136 Å². The first-order valence-corrected chi connectivity index (χ1v) is 11.6. The summed E-state index contributed by atoms with van der Waals surface area (Å²) in [5, 5.41) is 63.5. The number of nitrogens with one attached hydrogen (secondary N) is 1. The minimum atomic E-state index is -1.57. The van der Waals surface area contributed by atoms with Gasteiger partial charge in [-0.25, -0.2) is 0 Å². The number of rotatable bonds is 7. The van der Waals surface area contributed by atoms with Gasteiger partial charge in [0.25, 0.3) is 0 Å². The smallest absolute Gasteiger partial charge is 0.308 e. The predicted molar refractivity (Wildman–Crippen MR) is 116 cm³/mol. The van der Waals surface area contributed by atoms with Crippen molar-refractivity contribution < 1.29 is 54.4 Å². The summed E-state index contributed by atoms with van der Waals surface area (Å²) in [7, 11) is 1.55. The fourth-order valence-electron chi connectivity index (χ4n) is 4.70. The van der Waals surface area contributed by atoms with Crippen LogP contribution < -0.4 is 22.5 Å². The van der Waals surface area contributed by atoms with Crippen LogP contribution >= 0.6 is 0 Å². The van der Waals surface area contributed by atoms with E-state index in [-0.39, 0.29) is 19.3 Å². The molecular weight excluding hydrogens is 472 g/mol. The van der Waals surface area contributed by atoms with Gasteiger partial charge in [-0.1, -0.05) is 0 Å². The third-order valence-corrected chi connectivity index (χ3v) is 6.83. The summed E-state index contributed by atoms with van der Waals surface area (Å²) in [5.41, 5.74) is 17.4. The van der Waals surface area contributed by atoms with Crippen LogP contribution in [-0.2, 0) is 23.7 Å². The maximum Gasteiger partial charge on any atom is 0.308 e. The molecule has 1 saturated carbocycles. The van der Waals surface area contributed by atoms with Crippen molar-refractivity contribution in [3.63, 3.8) is 0 Å². The molecule has 3 fully saturated rings. The molecule has 35 heavy (non-hydrogen) atoms. The van der Waals surface area contributed by atoms with E-state index >= 15 is 0 Å². The first-order chi connectivity index (χ1) is 16.5. The molecule has 3 rings (SSSR count). The zero-order valence-corrected chi connectivity index (χ0v) is 19.4. The minimum absolute atomic E-state index is 0.0219. The first kappa shape index (κ1) is 28.5. The average Bonchev–Trinajstić information content (AvgIpc) is 2.80. The van der Waals surface area contributed by atoms with E-state index < -0.39 is 98.2 Å². The third kappa shape index (κ3) is 6.27. The van der Waals surface area contributed by atoms with E-state index in [1.807, 2.05) is 0 Å². The number of esters is 1. The van der Waals surface area contributed by atoms with Gasteiger partial charge in [0.1, 0.15) is 30.5 Å². The standard InChI is InChI=1S/C20H38N4O11/c1-24-13-9(26)2-6(3-11(27)34-18-8(22)4-7(21)14(28)16(18)30)32-19(13)35-20-17(31)15(29)12(23)10(5-25)33-20/h6-10,12-20,24-26,28-31H,2-5,21-23H2,1H3. The van der Waals surface area contributed by atoms with Crippen molar-refractivity contribution in [2.75, 3.05) is 13.7 Å². The molecule has 0 bridgehead atoms. The lowest BCUT2D eigenvalue weighted by molar-refractivity contribution is -0.343. The average molecular weight is 511 g/mol. The normalized spacial score (nSPS) is 49.0. The summed E-state index contributed by atoms with van der Waals surface area (Å²) in [5.74, 6) is -0.790. The Kier molecular flexibility index (Phi) is 9.78. The Morgan fingerprint density at radius 1 is 0.943 bits per heavy atom. The van der Waals surface area contributed by atoms with Crippen molar-refractivity contribution in [1.29, 1.82) is 0 Å². The summed E-state index contributed by atoms with van der Waals surface area (Å²) in [6.45, 7) is -0.530. The van der Waals surface area contributed by atoms with Crippen LogP contribution in [0.25, 0.3) is 0 Å². The van der Waals surface area contributed by atoms with E-state index in [9.17, 15) is 35.4 Å². The highest BCUT2D eigenvalue weighted by atomic mass is 16.8. The van der Waals surface area contributed by atoms with Crippen molar-refractivity contribution in [3.8, 4) is 0 Å². The number of aliphatic hydroxyl groups is 6. The topological polar surface area (TPSA) is 265 Å². The summed E-state index contributed by atoms with van der Waals surface area (Å²) < 4.78 is 22.3. The molecule has 204 valence electrons. The molecule has 15 heteroatoms. The Labute approximate surface area is 202 Å². The molecule has 0 radical (unpaired) electrons. The van der Waals surface area contributed by atoms with Gasteiger partial charge in [0.15, 0.2) is 12.6 Å². The van der Waals surface area contributed by atoms with Crippen molar-refractivity contribution >= 4 is 5.97 Å². The number of hydrogen-bond acceptors (Lipinski definition) is 15. The van der Waals surface area contributed by atoms with Crippen molar-refractivity contribution in [2.45, 2.75) is 105 Å². The van der Waals surface area contributed by atoms with Crippen LogP contribution in [0.1, 0.15) is 19.3 Å². The zero-order chi connectivity index (χ0) is 26.0. The van der Waals surface area contributed by atoms with Gasteiger partial charge in [0.05, 0.1) is 43.4 Å². The molecule has 15 nitrogen and oxygen atoms in total. The summed E-state index contributed by atoms with van der Waals surface area (Å²) >= 11 is 0. The van der Waals surface area contributed by atoms with E-state index in [1.165, 1.54) is 0 Å². The quantitative estimate of drug-likeness (QED) is 0.143. The molecule has 14 atom stereocenters.